The number of carbonyl (C=O) groups is 1. The molecule has 0 spiro atoms. The molecule has 2 aromatic carbocycles. The molecule has 0 aliphatic heterocycles. The van der Waals surface area contributed by atoms with Crippen LogP contribution in [0.4, 0.5) is 10.1 Å². The van der Waals surface area contributed by atoms with Crippen LogP contribution in [0.3, 0.4) is 0 Å². The van der Waals surface area contributed by atoms with E-state index in [0.29, 0.717) is 5.69 Å². The van der Waals surface area contributed by atoms with E-state index in [1.165, 1.54) is 34.9 Å². The van der Waals surface area contributed by atoms with Gasteiger partial charge in [-0.1, -0.05) is 47.1 Å². The van der Waals surface area contributed by atoms with Crippen LogP contribution in [0.5, 0.6) is 0 Å². The number of nitrogens with one attached hydrogen (secondary N) is 1. The summed E-state index contributed by atoms with van der Waals surface area (Å²) in [4.78, 5) is 21.6. The van der Waals surface area contributed by atoms with Crippen molar-refractivity contribution in [3.8, 4) is 0 Å². The van der Waals surface area contributed by atoms with Crippen molar-refractivity contribution >= 4 is 46.0 Å². The molecule has 5 nitrogen and oxygen atoms in total. The lowest BCUT2D eigenvalue weighted by Crippen LogP contribution is -2.19. The van der Waals surface area contributed by atoms with Gasteiger partial charge >= 0.3 is 0 Å². The number of benzene rings is 2. The molecular formula is C23H20ClFN4OS. The molecule has 4 aromatic rings. The summed E-state index contributed by atoms with van der Waals surface area (Å²) in [6.07, 6.45) is 3.38. The maximum atomic E-state index is 13.4. The average Bonchev–Trinajstić information content (AvgIpc) is 3.09. The molecular weight excluding hydrogens is 435 g/mol. The SMILES string of the molecule is Cc1ccc(C)c(CSc2nc3ccncc3n2CC(=O)Nc2ccc(F)c(Cl)c2)c1. The number of halogens is 2. The van der Waals surface area contributed by atoms with Crippen molar-refractivity contribution in [2.75, 3.05) is 5.32 Å². The number of thioether (sulfide) groups is 1. The number of hydrogen-bond donors (Lipinski definition) is 1. The first-order valence-corrected chi connectivity index (χ1v) is 11.0. The number of aromatic nitrogens is 3. The minimum atomic E-state index is -0.531. The van der Waals surface area contributed by atoms with Gasteiger partial charge in [0.1, 0.15) is 12.4 Å². The maximum Gasteiger partial charge on any atom is 0.244 e. The Labute approximate surface area is 188 Å². The van der Waals surface area contributed by atoms with E-state index in [9.17, 15) is 9.18 Å². The molecule has 8 heteroatoms. The summed E-state index contributed by atoms with van der Waals surface area (Å²) in [5.41, 5.74) is 5.63. The Balaban J connectivity index is 1.58. The van der Waals surface area contributed by atoms with E-state index in [4.69, 9.17) is 16.6 Å². The number of fused-ring (bicyclic) bond motifs is 1. The Bertz CT molecular complexity index is 1270. The molecule has 1 amide bonds. The number of amides is 1. The van der Waals surface area contributed by atoms with E-state index in [-0.39, 0.29) is 17.5 Å². The highest BCUT2D eigenvalue weighted by molar-refractivity contribution is 7.98. The fraction of sp³-hybridized carbons (Fsp3) is 0.174. The zero-order valence-corrected chi connectivity index (χ0v) is 18.6. The van der Waals surface area contributed by atoms with Gasteiger partial charge in [0.05, 0.1) is 22.3 Å². The lowest BCUT2D eigenvalue weighted by Gasteiger charge is -2.11. The van der Waals surface area contributed by atoms with E-state index < -0.39 is 5.82 Å². The van der Waals surface area contributed by atoms with E-state index in [0.717, 1.165) is 21.9 Å². The second kappa shape index (κ2) is 9.08. The van der Waals surface area contributed by atoms with Crippen molar-refractivity contribution < 1.29 is 9.18 Å². The van der Waals surface area contributed by atoms with E-state index in [1.54, 1.807) is 24.2 Å². The Kier molecular flexibility index (Phi) is 6.25. The molecule has 1 N–H and O–H groups in total. The standard InChI is InChI=1S/C23H20ClFN4OS/c1-14-3-4-15(2)16(9-14)13-31-23-28-20-7-8-26-11-21(20)29(23)12-22(30)27-17-5-6-19(25)18(24)10-17/h3-11H,12-13H2,1-2H3,(H,27,30). The van der Waals surface area contributed by atoms with Gasteiger partial charge < -0.3 is 9.88 Å². The zero-order chi connectivity index (χ0) is 22.0. The van der Waals surface area contributed by atoms with E-state index in [2.05, 4.69) is 42.3 Å². The van der Waals surface area contributed by atoms with Gasteiger partial charge in [0.15, 0.2) is 5.16 Å². The molecule has 0 radical (unpaired) electrons. The molecule has 0 unspecified atom stereocenters. The fourth-order valence-electron chi connectivity index (χ4n) is 3.23. The van der Waals surface area contributed by atoms with Gasteiger partial charge in [-0.3, -0.25) is 9.78 Å². The van der Waals surface area contributed by atoms with Crippen LogP contribution in [0.1, 0.15) is 16.7 Å². The van der Waals surface area contributed by atoms with E-state index in [1.807, 2.05) is 10.6 Å². The van der Waals surface area contributed by atoms with Gasteiger partial charge in [0, 0.05) is 17.6 Å². The second-order valence-electron chi connectivity index (χ2n) is 7.24. The summed E-state index contributed by atoms with van der Waals surface area (Å²) < 4.78 is 15.2. The number of anilines is 1. The molecule has 0 bridgehead atoms. The van der Waals surface area contributed by atoms with Crippen molar-refractivity contribution in [2.45, 2.75) is 31.3 Å². The van der Waals surface area contributed by atoms with Crippen molar-refractivity contribution in [1.29, 1.82) is 0 Å². The summed E-state index contributed by atoms with van der Waals surface area (Å²) in [7, 11) is 0. The van der Waals surface area contributed by atoms with Crippen molar-refractivity contribution in [3.05, 3.63) is 82.4 Å². The summed E-state index contributed by atoms with van der Waals surface area (Å²) in [5, 5.41) is 3.45. The Morgan fingerprint density at radius 3 is 2.84 bits per heavy atom. The lowest BCUT2D eigenvalue weighted by atomic mass is 10.1. The van der Waals surface area contributed by atoms with Crippen LogP contribution >= 0.6 is 23.4 Å². The van der Waals surface area contributed by atoms with Gasteiger partial charge in [-0.25, -0.2) is 9.37 Å². The minimum Gasteiger partial charge on any atom is -0.324 e. The van der Waals surface area contributed by atoms with Crippen LogP contribution in [0.25, 0.3) is 11.0 Å². The molecule has 0 fully saturated rings. The molecule has 2 heterocycles. The van der Waals surface area contributed by atoms with Gasteiger partial charge in [0.2, 0.25) is 5.91 Å². The van der Waals surface area contributed by atoms with Gasteiger partial charge in [-0.05, 0) is 49.2 Å². The summed E-state index contributed by atoms with van der Waals surface area (Å²) >= 11 is 7.39. The summed E-state index contributed by atoms with van der Waals surface area (Å²) in [6.45, 7) is 4.20. The molecule has 158 valence electrons. The smallest absolute Gasteiger partial charge is 0.244 e. The molecule has 4 rings (SSSR count). The molecule has 2 aromatic heterocycles. The van der Waals surface area contributed by atoms with Crippen LogP contribution in [-0.4, -0.2) is 20.4 Å². The first-order valence-electron chi connectivity index (χ1n) is 9.65. The molecule has 0 aliphatic rings. The highest BCUT2D eigenvalue weighted by Gasteiger charge is 2.16. The first kappa shape index (κ1) is 21.3. The molecule has 0 saturated heterocycles. The molecule has 0 aliphatic carbocycles. The number of imidazole rings is 1. The van der Waals surface area contributed by atoms with Gasteiger partial charge in [-0.15, -0.1) is 0 Å². The predicted octanol–water partition coefficient (Wildman–Crippen LogP) is 5.77. The number of carbonyl (C=O) groups excluding carboxylic acids is 1. The second-order valence-corrected chi connectivity index (χ2v) is 8.59. The van der Waals surface area contributed by atoms with Crippen LogP contribution in [-0.2, 0) is 17.1 Å². The molecule has 0 atom stereocenters. The van der Waals surface area contributed by atoms with Crippen LogP contribution in [0, 0.1) is 19.7 Å². The first-order chi connectivity index (χ1) is 14.9. The third-order valence-corrected chi connectivity index (χ3v) is 6.20. The summed E-state index contributed by atoms with van der Waals surface area (Å²) in [5.74, 6) is -0.0599. The maximum absolute atomic E-state index is 13.4. The van der Waals surface area contributed by atoms with Crippen molar-refractivity contribution in [2.24, 2.45) is 0 Å². The predicted molar refractivity (Wildman–Crippen MR) is 123 cm³/mol. The number of rotatable bonds is 6. The number of aryl methyl sites for hydroxylation is 2. The Morgan fingerprint density at radius 1 is 1.19 bits per heavy atom. The molecule has 31 heavy (non-hydrogen) atoms. The van der Waals surface area contributed by atoms with Crippen LogP contribution in [0.2, 0.25) is 5.02 Å². The quantitative estimate of drug-likeness (QED) is 0.375. The highest BCUT2D eigenvalue weighted by Crippen LogP contribution is 2.28. The van der Waals surface area contributed by atoms with E-state index >= 15 is 0 Å². The minimum absolute atomic E-state index is 0.0418. The Hall–Kier alpha value is -2.90. The fourth-order valence-corrected chi connectivity index (χ4v) is 4.48. The highest BCUT2D eigenvalue weighted by atomic mass is 35.5. The Morgan fingerprint density at radius 2 is 2.03 bits per heavy atom. The normalized spacial score (nSPS) is 11.1. The van der Waals surface area contributed by atoms with Crippen LogP contribution in [0.15, 0.2) is 60.0 Å². The van der Waals surface area contributed by atoms with Gasteiger partial charge in [0.25, 0.3) is 0 Å². The zero-order valence-electron chi connectivity index (χ0n) is 17.0. The monoisotopic (exact) mass is 454 g/mol. The lowest BCUT2D eigenvalue weighted by molar-refractivity contribution is -0.116. The van der Waals surface area contributed by atoms with Gasteiger partial charge in [-0.2, -0.15) is 0 Å². The largest absolute Gasteiger partial charge is 0.324 e. The molecule has 0 saturated carbocycles. The average molecular weight is 455 g/mol. The third-order valence-electron chi connectivity index (χ3n) is 4.88. The van der Waals surface area contributed by atoms with Crippen LogP contribution < -0.4 is 5.32 Å². The van der Waals surface area contributed by atoms with Crippen molar-refractivity contribution in [1.82, 2.24) is 14.5 Å². The number of pyridine rings is 1. The number of nitrogens with zero attached hydrogens (tertiary/aromatic N) is 3. The summed E-state index contributed by atoms with van der Waals surface area (Å²) in [6, 6.07) is 12.3. The topological polar surface area (TPSA) is 59.8 Å². The number of hydrogen-bond acceptors (Lipinski definition) is 4. The third kappa shape index (κ3) is 4.89. The van der Waals surface area contributed by atoms with Crippen molar-refractivity contribution in [3.63, 3.8) is 0 Å².